The third kappa shape index (κ3) is 6.04. The Morgan fingerprint density at radius 2 is 1.71 bits per heavy atom. The number of anilines is 2. The number of benzene rings is 1. The first-order valence-electron chi connectivity index (χ1n) is 17.8. The van der Waals surface area contributed by atoms with Crippen LogP contribution < -0.4 is 15.5 Å². The molecule has 3 aromatic rings. The van der Waals surface area contributed by atoms with Crippen molar-refractivity contribution in [3.05, 3.63) is 59.2 Å². The minimum atomic E-state index is -2.70. The van der Waals surface area contributed by atoms with Crippen LogP contribution in [0.25, 0.3) is 0 Å². The molecule has 3 atom stereocenters. The molecule has 8 rings (SSSR count). The largest absolute Gasteiger partial charge is 0.372 e. The Balaban J connectivity index is 0.761. The van der Waals surface area contributed by atoms with Crippen LogP contribution in [0.4, 0.5) is 20.2 Å². The molecule has 5 heterocycles. The standard InChI is InChI=1S/C36H44F2N8O3/c1-35-17-29-28(16-30(35)36(35,37)38)32(43-42-29)34(49)40-25-18-39-46(21-25)20-23-8-12-44(13-9-23)19-22-10-14-45(15-11-22)26-4-2-24(3-5-26)27-6-7-31(47)41-33(27)48/h2-5,18,21-23,27,30H,6-17,19-20H2,1H3,(H,40,49)(H,42,43)(H,41,47,48)/t27?,30-,35+/m0/s1. The number of fused-ring (bicyclic) bond motifs is 2. The van der Waals surface area contributed by atoms with Gasteiger partial charge in [-0.25, -0.2) is 8.78 Å². The average Bonchev–Trinajstić information content (AvgIpc) is 3.49. The third-order valence-electron chi connectivity index (χ3n) is 12.1. The molecular formula is C36H44F2N8O3. The lowest BCUT2D eigenvalue weighted by atomic mass is 9.87. The molecule has 0 bridgehead atoms. The summed E-state index contributed by atoms with van der Waals surface area (Å²) in [6.45, 7) is 7.72. The summed E-state index contributed by atoms with van der Waals surface area (Å²) in [5, 5.41) is 16.8. The zero-order valence-corrected chi connectivity index (χ0v) is 27.9. The van der Waals surface area contributed by atoms with E-state index in [0.29, 0.717) is 41.6 Å². The number of nitrogens with zero attached hydrogens (tertiary/aromatic N) is 5. The molecule has 11 nitrogen and oxygen atoms in total. The smallest absolute Gasteiger partial charge is 0.276 e. The molecule has 1 aromatic carbocycles. The van der Waals surface area contributed by atoms with Crippen LogP contribution in [0.2, 0.25) is 0 Å². The Morgan fingerprint density at radius 3 is 2.45 bits per heavy atom. The molecule has 3 amide bonds. The highest BCUT2D eigenvalue weighted by atomic mass is 19.3. The summed E-state index contributed by atoms with van der Waals surface area (Å²) in [4.78, 5) is 41.8. The Bertz CT molecular complexity index is 1740. The minimum absolute atomic E-state index is 0.166. The van der Waals surface area contributed by atoms with Crippen LogP contribution in [-0.4, -0.2) is 81.2 Å². The molecule has 0 spiro atoms. The second kappa shape index (κ2) is 12.3. The Morgan fingerprint density at radius 1 is 1.00 bits per heavy atom. The van der Waals surface area contributed by atoms with Gasteiger partial charge in [-0.15, -0.1) is 0 Å². The van der Waals surface area contributed by atoms with E-state index in [0.717, 1.165) is 70.5 Å². The summed E-state index contributed by atoms with van der Waals surface area (Å²) in [7, 11) is 0. The van der Waals surface area contributed by atoms with Crippen molar-refractivity contribution in [1.82, 2.24) is 30.2 Å². The molecule has 3 aliphatic heterocycles. The van der Waals surface area contributed by atoms with Crippen molar-refractivity contribution in [3.8, 4) is 0 Å². The maximum Gasteiger partial charge on any atom is 0.276 e. The number of hydrogen-bond donors (Lipinski definition) is 3. The number of alkyl halides is 2. The highest BCUT2D eigenvalue weighted by Gasteiger charge is 2.78. The summed E-state index contributed by atoms with van der Waals surface area (Å²) >= 11 is 0. The number of likely N-dealkylation sites (tertiary alicyclic amines) is 1. The lowest BCUT2D eigenvalue weighted by molar-refractivity contribution is -0.134. The number of carbonyl (C=O) groups is 3. The normalized spacial score (nSPS) is 27.4. The van der Waals surface area contributed by atoms with Gasteiger partial charge in [0.15, 0.2) is 5.69 Å². The van der Waals surface area contributed by atoms with E-state index in [4.69, 9.17) is 0 Å². The number of carbonyl (C=O) groups excluding carboxylic acids is 3. The molecule has 49 heavy (non-hydrogen) atoms. The van der Waals surface area contributed by atoms with Gasteiger partial charge in [0.25, 0.3) is 11.8 Å². The number of amides is 3. The highest BCUT2D eigenvalue weighted by Crippen LogP contribution is 2.70. The van der Waals surface area contributed by atoms with Crippen molar-refractivity contribution in [2.24, 2.45) is 23.2 Å². The number of H-pyrrole nitrogens is 1. The van der Waals surface area contributed by atoms with Crippen LogP contribution in [-0.2, 0) is 29.0 Å². The lowest BCUT2D eigenvalue weighted by Crippen LogP contribution is -2.42. The molecule has 2 aromatic heterocycles. The molecule has 1 saturated carbocycles. The van der Waals surface area contributed by atoms with Crippen molar-refractivity contribution in [2.45, 2.75) is 76.7 Å². The molecule has 2 aliphatic carbocycles. The lowest BCUT2D eigenvalue weighted by Gasteiger charge is -2.38. The molecular weight excluding hydrogens is 630 g/mol. The molecule has 1 unspecified atom stereocenters. The van der Waals surface area contributed by atoms with E-state index in [1.54, 1.807) is 13.1 Å². The van der Waals surface area contributed by atoms with Gasteiger partial charge in [-0.1, -0.05) is 19.1 Å². The number of hydrogen-bond acceptors (Lipinski definition) is 7. The number of nitrogens with one attached hydrogen (secondary N) is 3. The van der Waals surface area contributed by atoms with Gasteiger partial charge >= 0.3 is 0 Å². The molecule has 0 radical (unpaired) electrons. The molecule has 5 aliphatic rings. The van der Waals surface area contributed by atoms with E-state index in [1.165, 1.54) is 5.69 Å². The van der Waals surface area contributed by atoms with E-state index < -0.39 is 23.2 Å². The number of piperidine rings is 3. The van der Waals surface area contributed by atoms with Crippen LogP contribution in [0.15, 0.2) is 36.7 Å². The quantitative estimate of drug-likeness (QED) is 0.303. The minimum Gasteiger partial charge on any atom is -0.372 e. The zero-order chi connectivity index (χ0) is 33.9. The summed E-state index contributed by atoms with van der Waals surface area (Å²) in [5.74, 6) is -3.26. The number of imide groups is 1. The second-order valence-corrected chi connectivity index (χ2v) is 15.2. The monoisotopic (exact) mass is 674 g/mol. The Labute approximate surface area is 284 Å². The predicted octanol–water partition coefficient (Wildman–Crippen LogP) is 4.38. The fourth-order valence-electron chi connectivity index (χ4n) is 8.80. The van der Waals surface area contributed by atoms with Gasteiger partial charge < -0.3 is 15.1 Å². The summed E-state index contributed by atoms with van der Waals surface area (Å²) < 4.78 is 30.5. The maximum absolute atomic E-state index is 14.3. The molecule has 3 saturated heterocycles. The van der Waals surface area contributed by atoms with Gasteiger partial charge in [-0.2, -0.15) is 10.2 Å². The molecule has 260 valence electrons. The second-order valence-electron chi connectivity index (χ2n) is 15.2. The van der Waals surface area contributed by atoms with Crippen molar-refractivity contribution in [2.75, 3.05) is 42.9 Å². The summed E-state index contributed by atoms with van der Waals surface area (Å²) in [6, 6.07) is 8.29. The fourth-order valence-corrected chi connectivity index (χ4v) is 8.80. The van der Waals surface area contributed by atoms with Crippen LogP contribution in [0, 0.1) is 23.2 Å². The topological polar surface area (TPSA) is 128 Å². The number of aromatic amines is 1. The number of rotatable bonds is 8. The number of aromatic nitrogens is 4. The van der Waals surface area contributed by atoms with Crippen molar-refractivity contribution in [1.29, 1.82) is 0 Å². The van der Waals surface area contributed by atoms with Crippen LogP contribution in [0.1, 0.15) is 78.7 Å². The zero-order valence-electron chi connectivity index (χ0n) is 27.9. The number of halogens is 2. The van der Waals surface area contributed by atoms with Gasteiger partial charge in [0.1, 0.15) is 0 Å². The van der Waals surface area contributed by atoms with Crippen LogP contribution in [0.5, 0.6) is 0 Å². The van der Waals surface area contributed by atoms with E-state index in [-0.39, 0.29) is 36.3 Å². The van der Waals surface area contributed by atoms with Crippen molar-refractivity contribution < 1.29 is 23.2 Å². The first-order chi connectivity index (χ1) is 23.6. The van der Waals surface area contributed by atoms with E-state index in [1.807, 2.05) is 23.0 Å². The van der Waals surface area contributed by atoms with Gasteiger partial charge in [-0.3, -0.25) is 29.5 Å². The molecule has 4 fully saturated rings. The van der Waals surface area contributed by atoms with Crippen LogP contribution >= 0.6 is 0 Å². The van der Waals surface area contributed by atoms with Gasteiger partial charge in [0.2, 0.25) is 11.8 Å². The Hall–Kier alpha value is -4.13. The van der Waals surface area contributed by atoms with Gasteiger partial charge in [-0.05, 0) is 81.1 Å². The van der Waals surface area contributed by atoms with Gasteiger partial charge in [0, 0.05) is 73.5 Å². The first-order valence-corrected chi connectivity index (χ1v) is 17.8. The Kier molecular flexibility index (Phi) is 8.08. The fraction of sp³-hybridized carbons (Fsp3) is 0.583. The SMILES string of the molecule is C[C@@]12Cc3[nH]nc(C(=O)Nc4cnn(CC5CCN(CC6CCN(c7ccc(C8CCC(=O)NC8=O)cc7)CC6)CC5)c4)c3C[C@@H]1C2(F)F. The van der Waals surface area contributed by atoms with Crippen LogP contribution in [0.3, 0.4) is 0 Å². The van der Waals surface area contributed by atoms with Crippen molar-refractivity contribution in [3.63, 3.8) is 0 Å². The maximum atomic E-state index is 14.3. The molecule has 3 N–H and O–H groups in total. The van der Waals surface area contributed by atoms with E-state index >= 15 is 0 Å². The summed E-state index contributed by atoms with van der Waals surface area (Å²) in [6.07, 6.45) is 9.33. The average molecular weight is 675 g/mol. The summed E-state index contributed by atoms with van der Waals surface area (Å²) in [5.41, 5.74) is 3.16. The molecule has 13 heteroatoms. The van der Waals surface area contributed by atoms with E-state index in [9.17, 15) is 23.2 Å². The highest BCUT2D eigenvalue weighted by molar-refractivity contribution is 6.04. The first kappa shape index (κ1) is 32.1. The third-order valence-corrected chi connectivity index (χ3v) is 12.1. The van der Waals surface area contributed by atoms with Crippen molar-refractivity contribution >= 4 is 29.1 Å². The van der Waals surface area contributed by atoms with Gasteiger partial charge in [0.05, 0.1) is 17.8 Å². The predicted molar refractivity (Wildman–Crippen MR) is 178 cm³/mol. The van der Waals surface area contributed by atoms with E-state index in [2.05, 4.69) is 47.9 Å².